The maximum absolute atomic E-state index is 13.3. The first kappa shape index (κ1) is 23.5. The number of amides is 3. The van der Waals surface area contributed by atoms with Gasteiger partial charge in [-0.15, -0.1) is 0 Å². The molecule has 0 saturated carbocycles. The number of ether oxygens (including phenoxy) is 1. The van der Waals surface area contributed by atoms with E-state index in [1.165, 1.54) is 11.0 Å². The van der Waals surface area contributed by atoms with Crippen LogP contribution in [0.5, 0.6) is 0 Å². The van der Waals surface area contributed by atoms with Crippen molar-refractivity contribution in [2.45, 2.75) is 64.4 Å². The Morgan fingerprint density at radius 1 is 1.35 bits per heavy atom. The summed E-state index contributed by atoms with van der Waals surface area (Å²) in [6.07, 6.45) is 1.88. The number of primary amides is 1. The van der Waals surface area contributed by atoms with E-state index in [1.807, 2.05) is 6.92 Å². The topological polar surface area (TPSA) is 102 Å². The lowest BCUT2D eigenvalue weighted by molar-refractivity contribution is -0.163. The maximum Gasteiger partial charge on any atom is 0.355 e. The Balaban J connectivity index is 1.89. The summed E-state index contributed by atoms with van der Waals surface area (Å²) in [5, 5.41) is 0.0271. The zero-order chi connectivity index (χ0) is 23.3. The molecule has 3 heterocycles. The quantitative estimate of drug-likeness (QED) is 0.291. The van der Waals surface area contributed by atoms with Crippen molar-refractivity contribution in [1.82, 2.24) is 9.80 Å². The van der Waals surface area contributed by atoms with Gasteiger partial charge >= 0.3 is 12.0 Å². The predicted octanol–water partition coefficient (Wildman–Crippen LogP) is 2.62. The molecule has 0 spiro atoms. The minimum atomic E-state index is -2.07. The number of fused-ring (bicyclic) bond motifs is 3. The molecule has 3 aliphatic rings. The lowest BCUT2D eigenvalue weighted by atomic mass is 9.74. The number of likely N-dealkylation sites (tertiary alicyclic amines) is 1. The van der Waals surface area contributed by atoms with Gasteiger partial charge < -0.3 is 24.7 Å². The second-order valence-corrected chi connectivity index (χ2v) is 15.0. The predicted molar refractivity (Wildman–Crippen MR) is 119 cm³/mol. The highest BCUT2D eigenvalue weighted by Gasteiger charge is 2.62. The summed E-state index contributed by atoms with van der Waals surface area (Å²) in [7, 11) is -2.07. The molecule has 9 heteroatoms. The largest absolute Gasteiger partial charge is 0.457 e. The molecule has 0 aliphatic carbocycles. The van der Waals surface area contributed by atoms with Gasteiger partial charge in [0.1, 0.15) is 12.3 Å². The van der Waals surface area contributed by atoms with E-state index in [0.717, 1.165) is 5.57 Å². The summed E-state index contributed by atoms with van der Waals surface area (Å²) in [4.78, 5) is 40.9. The molecule has 2 N–H and O–H groups in total. The van der Waals surface area contributed by atoms with Gasteiger partial charge in [-0.1, -0.05) is 33.4 Å². The lowest BCUT2D eigenvalue weighted by Gasteiger charge is -2.51. The maximum atomic E-state index is 13.3. The lowest BCUT2D eigenvalue weighted by Crippen LogP contribution is -2.65. The average Bonchev–Trinajstić information content (AvgIpc) is 2.94. The fourth-order valence-corrected chi connectivity index (χ4v) is 6.12. The molecular formula is C22H35N3O5Si. The van der Waals surface area contributed by atoms with Crippen LogP contribution in [0.4, 0.5) is 4.79 Å². The fourth-order valence-electron chi connectivity index (χ4n) is 4.69. The van der Waals surface area contributed by atoms with E-state index in [2.05, 4.69) is 40.4 Å². The molecule has 8 nitrogen and oxygen atoms in total. The van der Waals surface area contributed by atoms with Crippen LogP contribution in [0.1, 0.15) is 34.1 Å². The third-order valence-corrected chi connectivity index (χ3v) is 11.9. The molecule has 3 rings (SSSR count). The Labute approximate surface area is 185 Å². The van der Waals surface area contributed by atoms with Crippen LogP contribution in [-0.4, -0.2) is 67.9 Å². The zero-order valence-electron chi connectivity index (χ0n) is 19.4. The van der Waals surface area contributed by atoms with Crippen molar-refractivity contribution in [2.24, 2.45) is 17.6 Å². The molecule has 0 aromatic heterocycles. The summed E-state index contributed by atoms with van der Waals surface area (Å²) in [5.41, 5.74) is 6.52. The van der Waals surface area contributed by atoms with E-state index in [4.69, 9.17) is 14.9 Å². The normalized spacial score (nSPS) is 26.8. The summed E-state index contributed by atoms with van der Waals surface area (Å²) >= 11 is 0. The van der Waals surface area contributed by atoms with E-state index < -0.39 is 20.3 Å². The summed E-state index contributed by atoms with van der Waals surface area (Å²) in [5.74, 6) is -0.998. The molecule has 0 unspecified atom stereocenters. The Bertz CT molecular complexity index is 831. The first-order chi connectivity index (χ1) is 14.3. The Hall–Kier alpha value is -2.13. The molecule has 2 saturated heterocycles. The van der Waals surface area contributed by atoms with Crippen molar-refractivity contribution >= 4 is 26.2 Å². The molecule has 172 valence electrons. The number of urea groups is 1. The zero-order valence-corrected chi connectivity index (χ0v) is 20.4. The molecule has 3 aliphatic heterocycles. The third kappa shape index (κ3) is 3.93. The van der Waals surface area contributed by atoms with Crippen LogP contribution in [-0.2, 0) is 18.8 Å². The van der Waals surface area contributed by atoms with Crippen molar-refractivity contribution < 1.29 is 23.5 Å². The number of carbonyl (C=O) groups is 3. The van der Waals surface area contributed by atoms with Crippen LogP contribution in [0.2, 0.25) is 18.1 Å². The molecule has 0 aromatic carbocycles. The van der Waals surface area contributed by atoms with Gasteiger partial charge in [0.05, 0.1) is 18.1 Å². The Morgan fingerprint density at radius 3 is 2.55 bits per heavy atom. The van der Waals surface area contributed by atoms with Gasteiger partial charge in [-0.3, -0.25) is 4.79 Å². The first-order valence-electron chi connectivity index (χ1n) is 10.9. The van der Waals surface area contributed by atoms with Crippen LogP contribution >= 0.6 is 0 Å². The molecule has 31 heavy (non-hydrogen) atoms. The van der Waals surface area contributed by atoms with Crippen LogP contribution in [0.15, 0.2) is 23.9 Å². The number of piperidine rings is 1. The number of nitrogens with zero attached hydrogens (tertiary/aromatic N) is 2. The Kier molecular flexibility index (Phi) is 6.14. The van der Waals surface area contributed by atoms with Gasteiger partial charge in [0.25, 0.3) is 0 Å². The van der Waals surface area contributed by atoms with Crippen molar-refractivity contribution in [2.75, 3.05) is 19.7 Å². The van der Waals surface area contributed by atoms with Crippen molar-refractivity contribution in [3.8, 4) is 0 Å². The average molecular weight is 450 g/mol. The monoisotopic (exact) mass is 449 g/mol. The molecule has 0 radical (unpaired) electrons. The van der Waals surface area contributed by atoms with E-state index in [9.17, 15) is 14.4 Å². The number of hydrogen-bond donors (Lipinski definition) is 1. The summed E-state index contributed by atoms with van der Waals surface area (Å²) in [6.45, 7) is 17.2. The van der Waals surface area contributed by atoms with E-state index >= 15 is 0 Å². The second kappa shape index (κ2) is 8.09. The highest BCUT2D eigenvalue weighted by Crippen LogP contribution is 2.51. The van der Waals surface area contributed by atoms with Gasteiger partial charge in [0.2, 0.25) is 5.91 Å². The molecule has 0 bridgehead atoms. The molecule has 2 fully saturated rings. The standard InChI is InChI=1S/C22H35N3O5Si/c1-8-11-29-20(27)18-15-12-24(21(23)28)10-9-14(15)17-16(19(26)25(17)18)13(2)30-31(6,7)22(3,4)5/h8,13-14,16-17H,1,9-12H2,2-7H3,(H2,23,28)/t13-,14+,16-,17-/m1/s1. The van der Waals surface area contributed by atoms with E-state index in [1.54, 1.807) is 4.90 Å². The fraction of sp³-hybridized carbons (Fsp3) is 0.682. The molecular weight excluding hydrogens is 414 g/mol. The van der Waals surface area contributed by atoms with Crippen LogP contribution in [0.25, 0.3) is 0 Å². The highest BCUT2D eigenvalue weighted by molar-refractivity contribution is 6.74. The van der Waals surface area contributed by atoms with Gasteiger partial charge in [-0.2, -0.15) is 0 Å². The second-order valence-electron chi connectivity index (χ2n) is 10.2. The number of esters is 1. The van der Waals surface area contributed by atoms with Gasteiger partial charge in [-0.25, -0.2) is 9.59 Å². The SMILES string of the molecule is C=CCOC(=O)C1=C2CN(C(N)=O)CC[C@@H]2[C@@H]2[C@@H]([C@@H](C)O[Si](C)(C)C(C)(C)C)C(=O)N12. The Morgan fingerprint density at radius 2 is 2.00 bits per heavy atom. The molecule has 4 atom stereocenters. The van der Waals surface area contributed by atoms with Crippen molar-refractivity contribution in [3.05, 3.63) is 23.9 Å². The van der Waals surface area contributed by atoms with Gasteiger partial charge in [0.15, 0.2) is 8.32 Å². The number of carbonyl (C=O) groups excluding carboxylic acids is 3. The molecule has 3 amide bonds. The summed E-state index contributed by atoms with van der Waals surface area (Å²) in [6, 6.07) is -0.680. The number of rotatable bonds is 6. The van der Waals surface area contributed by atoms with Crippen molar-refractivity contribution in [3.63, 3.8) is 0 Å². The van der Waals surface area contributed by atoms with Crippen LogP contribution < -0.4 is 5.73 Å². The van der Waals surface area contributed by atoms with Crippen molar-refractivity contribution in [1.29, 1.82) is 0 Å². The first-order valence-corrected chi connectivity index (χ1v) is 13.8. The highest BCUT2D eigenvalue weighted by atomic mass is 28.4. The van der Waals surface area contributed by atoms with Gasteiger partial charge in [0, 0.05) is 19.0 Å². The number of hydrogen-bond acceptors (Lipinski definition) is 5. The summed E-state index contributed by atoms with van der Waals surface area (Å²) < 4.78 is 11.8. The van der Waals surface area contributed by atoms with E-state index in [-0.39, 0.29) is 53.8 Å². The van der Waals surface area contributed by atoms with Crippen LogP contribution in [0, 0.1) is 11.8 Å². The number of nitrogens with two attached hydrogens (primary N) is 1. The smallest absolute Gasteiger partial charge is 0.355 e. The van der Waals surface area contributed by atoms with Crippen LogP contribution in [0.3, 0.4) is 0 Å². The van der Waals surface area contributed by atoms with E-state index in [0.29, 0.717) is 13.0 Å². The molecule has 0 aromatic rings. The minimum absolute atomic E-state index is 0.00459. The van der Waals surface area contributed by atoms with Gasteiger partial charge in [-0.05, 0) is 37.0 Å². The number of β-lactam (4-membered cyclic amide) rings is 1. The minimum Gasteiger partial charge on any atom is -0.457 e. The third-order valence-electron chi connectivity index (χ3n) is 7.29.